The zero-order valence-corrected chi connectivity index (χ0v) is 11.3. The third-order valence-electron chi connectivity index (χ3n) is 3.60. The van der Waals surface area contributed by atoms with Gasteiger partial charge in [-0.05, 0) is 48.9 Å². The van der Waals surface area contributed by atoms with E-state index in [2.05, 4.69) is 21.4 Å². The molecule has 0 unspecified atom stereocenters. The van der Waals surface area contributed by atoms with Crippen LogP contribution in [0.2, 0.25) is 0 Å². The van der Waals surface area contributed by atoms with E-state index < -0.39 is 0 Å². The maximum Gasteiger partial charge on any atom is 0.144 e. The fourth-order valence-corrected chi connectivity index (χ4v) is 2.54. The highest BCUT2D eigenvalue weighted by molar-refractivity contribution is 5.54. The Hall–Kier alpha value is -2.41. The van der Waals surface area contributed by atoms with Crippen LogP contribution < -0.4 is 5.32 Å². The van der Waals surface area contributed by atoms with Gasteiger partial charge >= 0.3 is 0 Å². The summed E-state index contributed by atoms with van der Waals surface area (Å²) >= 11 is 0. The third kappa shape index (κ3) is 2.62. The van der Waals surface area contributed by atoms with Gasteiger partial charge in [-0.3, -0.25) is 4.98 Å². The highest BCUT2D eigenvalue weighted by atomic mass is 15.0. The van der Waals surface area contributed by atoms with Crippen molar-refractivity contribution in [3.8, 4) is 6.07 Å². The molecular weight excluding hydrogens is 248 g/mol. The number of pyridine rings is 2. The minimum atomic E-state index is 0.633. The first kappa shape index (κ1) is 12.6. The average molecular weight is 264 g/mol. The number of anilines is 1. The molecule has 100 valence electrons. The van der Waals surface area contributed by atoms with Crippen LogP contribution in [0.25, 0.3) is 0 Å². The summed E-state index contributed by atoms with van der Waals surface area (Å²) in [6.45, 7) is 0.633. The molecule has 0 amide bonds. The summed E-state index contributed by atoms with van der Waals surface area (Å²) in [5.41, 5.74) is 4.09. The molecule has 0 saturated heterocycles. The van der Waals surface area contributed by atoms with Gasteiger partial charge in [-0.2, -0.15) is 5.26 Å². The number of nitrogens with one attached hydrogen (secondary N) is 1. The van der Waals surface area contributed by atoms with Crippen LogP contribution in [0.5, 0.6) is 0 Å². The maximum absolute atomic E-state index is 9.27. The van der Waals surface area contributed by atoms with Crippen LogP contribution >= 0.6 is 0 Å². The van der Waals surface area contributed by atoms with Crippen LogP contribution in [-0.2, 0) is 19.4 Å². The zero-order valence-electron chi connectivity index (χ0n) is 11.3. The maximum atomic E-state index is 9.27. The van der Waals surface area contributed by atoms with Gasteiger partial charge in [0.15, 0.2) is 0 Å². The summed E-state index contributed by atoms with van der Waals surface area (Å²) in [6.07, 6.45) is 8.01. The smallest absolute Gasteiger partial charge is 0.144 e. The molecule has 1 N–H and O–H groups in total. The molecule has 2 aromatic heterocycles. The Balaban J connectivity index is 1.83. The van der Waals surface area contributed by atoms with Crippen molar-refractivity contribution in [2.75, 3.05) is 5.32 Å². The van der Waals surface area contributed by atoms with Gasteiger partial charge in [0.2, 0.25) is 0 Å². The van der Waals surface area contributed by atoms with Gasteiger partial charge in [0.1, 0.15) is 11.9 Å². The molecule has 20 heavy (non-hydrogen) atoms. The second-order valence-corrected chi connectivity index (χ2v) is 5.02. The molecule has 1 aliphatic rings. The number of fused-ring (bicyclic) bond motifs is 1. The van der Waals surface area contributed by atoms with Gasteiger partial charge in [-0.1, -0.05) is 6.07 Å². The van der Waals surface area contributed by atoms with E-state index >= 15 is 0 Å². The normalized spacial score (nSPS) is 13.3. The molecule has 3 rings (SSSR count). The molecule has 0 aromatic carbocycles. The van der Waals surface area contributed by atoms with Crippen molar-refractivity contribution >= 4 is 5.82 Å². The van der Waals surface area contributed by atoms with Crippen molar-refractivity contribution < 1.29 is 0 Å². The summed E-state index contributed by atoms with van der Waals surface area (Å²) in [4.78, 5) is 8.73. The van der Waals surface area contributed by atoms with Crippen LogP contribution in [0.3, 0.4) is 0 Å². The quantitative estimate of drug-likeness (QED) is 0.926. The number of nitriles is 1. The van der Waals surface area contributed by atoms with Crippen LogP contribution in [0.4, 0.5) is 5.82 Å². The zero-order chi connectivity index (χ0) is 13.8. The van der Waals surface area contributed by atoms with Crippen LogP contribution in [0.1, 0.15) is 35.2 Å². The molecule has 1 aliphatic carbocycles. The van der Waals surface area contributed by atoms with Crippen LogP contribution in [0.15, 0.2) is 30.6 Å². The summed E-state index contributed by atoms with van der Waals surface area (Å²) in [7, 11) is 0. The largest absolute Gasteiger partial charge is 0.365 e. The summed E-state index contributed by atoms with van der Waals surface area (Å²) in [5.74, 6) is 0.692. The Kier molecular flexibility index (Phi) is 3.60. The number of aryl methyl sites for hydroxylation is 2. The third-order valence-corrected chi connectivity index (χ3v) is 3.60. The van der Waals surface area contributed by atoms with Crippen molar-refractivity contribution in [1.82, 2.24) is 9.97 Å². The fraction of sp³-hybridized carbons (Fsp3) is 0.312. The van der Waals surface area contributed by atoms with Crippen LogP contribution in [0, 0.1) is 11.3 Å². The van der Waals surface area contributed by atoms with E-state index in [-0.39, 0.29) is 0 Å². The summed E-state index contributed by atoms with van der Waals surface area (Å²) in [5, 5.41) is 12.5. The number of aromatic nitrogens is 2. The fourth-order valence-electron chi connectivity index (χ4n) is 2.54. The van der Waals surface area contributed by atoms with Gasteiger partial charge in [0.25, 0.3) is 0 Å². The number of rotatable bonds is 3. The van der Waals surface area contributed by atoms with Crippen molar-refractivity contribution in [1.29, 1.82) is 5.26 Å². The first-order valence-corrected chi connectivity index (χ1v) is 6.92. The molecule has 4 nitrogen and oxygen atoms in total. The minimum Gasteiger partial charge on any atom is -0.365 e. The van der Waals surface area contributed by atoms with Gasteiger partial charge in [0, 0.05) is 24.6 Å². The van der Waals surface area contributed by atoms with Crippen molar-refractivity contribution in [2.45, 2.75) is 32.2 Å². The highest BCUT2D eigenvalue weighted by Gasteiger charge is 2.14. The van der Waals surface area contributed by atoms with E-state index in [9.17, 15) is 5.26 Å². The van der Waals surface area contributed by atoms with E-state index in [1.165, 1.54) is 18.4 Å². The van der Waals surface area contributed by atoms with Gasteiger partial charge in [0.05, 0.1) is 5.56 Å². The Morgan fingerprint density at radius 2 is 2.20 bits per heavy atom. The topological polar surface area (TPSA) is 61.6 Å². The van der Waals surface area contributed by atoms with Crippen molar-refractivity contribution in [3.63, 3.8) is 0 Å². The molecule has 0 radical (unpaired) electrons. The predicted octanol–water partition coefficient (Wildman–Crippen LogP) is 2.84. The monoisotopic (exact) mass is 264 g/mol. The van der Waals surface area contributed by atoms with Gasteiger partial charge in [-0.25, -0.2) is 4.98 Å². The van der Waals surface area contributed by atoms with E-state index in [4.69, 9.17) is 0 Å². The lowest BCUT2D eigenvalue weighted by atomic mass is 9.95. The molecule has 0 aliphatic heterocycles. The molecular formula is C16H16N4. The predicted molar refractivity (Wildman–Crippen MR) is 77.2 cm³/mol. The SMILES string of the molecule is N#Cc1cc2c(nc1NCc1cccnc1)CCCC2. The van der Waals surface area contributed by atoms with Crippen molar-refractivity contribution in [3.05, 3.63) is 53.0 Å². The molecule has 0 fully saturated rings. The minimum absolute atomic E-state index is 0.633. The second-order valence-electron chi connectivity index (χ2n) is 5.02. The standard InChI is InChI=1S/C16H16N4/c17-9-14-8-13-5-1-2-6-15(13)20-16(14)19-11-12-4-3-7-18-10-12/h3-4,7-8,10H,1-2,5-6,11H2,(H,19,20). The Morgan fingerprint density at radius 3 is 3.00 bits per heavy atom. The average Bonchev–Trinajstić information content (AvgIpc) is 2.53. The van der Waals surface area contributed by atoms with Crippen LogP contribution in [-0.4, -0.2) is 9.97 Å². The lowest BCUT2D eigenvalue weighted by Crippen LogP contribution is -2.10. The first-order chi connectivity index (χ1) is 9.86. The Labute approximate surface area is 118 Å². The molecule has 2 aromatic rings. The van der Waals surface area contributed by atoms with E-state index in [0.717, 1.165) is 24.1 Å². The number of hydrogen-bond donors (Lipinski definition) is 1. The molecule has 0 atom stereocenters. The molecule has 0 spiro atoms. The Morgan fingerprint density at radius 1 is 1.30 bits per heavy atom. The Bertz CT molecular complexity index is 644. The molecule has 0 bridgehead atoms. The molecule has 0 saturated carbocycles. The molecule has 4 heteroatoms. The van der Waals surface area contributed by atoms with Crippen molar-refractivity contribution in [2.24, 2.45) is 0 Å². The van der Waals surface area contributed by atoms with E-state index in [1.54, 1.807) is 6.20 Å². The highest BCUT2D eigenvalue weighted by Crippen LogP contribution is 2.24. The summed E-state index contributed by atoms with van der Waals surface area (Å²) in [6, 6.07) is 8.14. The van der Waals surface area contributed by atoms with Gasteiger partial charge < -0.3 is 5.32 Å². The number of nitrogens with zero attached hydrogens (tertiary/aromatic N) is 3. The molecule has 2 heterocycles. The van der Waals surface area contributed by atoms with Gasteiger partial charge in [-0.15, -0.1) is 0 Å². The first-order valence-electron chi connectivity index (χ1n) is 6.92. The van der Waals surface area contributed by atoms with E-state index in [0.29, 0.717) is 17.9 Å². The second kappa shape index (κ2) is 5.70. The number of hydrogen-bond acceptors (Lipinski definition) is 4. The van der Waals surface area contributed by atoms with E-state index in [1.807, 2.05) is 24.4 Å². The lowest BCUT2D eigenvalue weighted by Gasteiger charge is -2.17. The summed E-state index contributed by atoms with van der Waals surface area (Å²) < 4.78 is 0. The lowest BCUT2D eigenvalue weighted by molar-refractivity contribution is 0.668.